The molecule has 2 aromatic carbocycles. The number of halogens is 1. The molecule has 0 bridgehead atoms. The van der Waals surface area contributed by atoms with E-state index in [0.717, 1.165) is 22.6 Å². The third-order valence-electron chi connectivity index (χ3n) is 3.39. The molecule has 0 aliphatic heterocycles. The molecular weight excluding hydrogens is 282 g/mol. The highest BCUT2D eigenvalue weighted by atomic mass is 35.5. The smallest absolute Gasteiger partial charge is 0.229 e. The third-order valence-corrected chi connectivity index (χ3v) is 3.64. The molecule has 3 rings (SSSR count). The average molecular weight is 298 g/mol. The Hall–Kier alpha value is -2.13. The molecule has 1 heterocycles. The Morgan fingerprint density at radius 1 is 0.905 bits per heavy atom. The van der Waals surface area contributed by atoms with Crippen LogP contribution in [0.15, 0.2) is 54.6 Å². The molecule has 3 nitrogen and oxygen atoms in total. The zero-order valence-electron chi connectivity index (χ0n) is 12.0. The van der Waals surface area contributed by atoms with Gasteiger partial charge in [-0.1, -0.05) is 62.4 Å². The molecule has 3 aromatic rings. The number of benzene rings is 2. The Bertz CT molecular complexity index is 748. The van der Waals surface area contributed by atoms with Crippen molar-refractivity contribution in [3.8, 4) is 16.8 Å². The Morgan fingerprint density at radius 2 is 1.57 bits per heavy atom. The molecule has 0 spiro atoms. The Balaban J connectivity index is 2.23. The van der Waals surface area contributed by atoms with Gasteiger partial charge in [0.25, 0.3) is 0 Å². The van der Waals surface area contributed by atoms with Gasteiger partial charge >= 0.3 is 0 Å². The summed E-state index contributed by atoms with van der Waals surface area (Å²) < 4.78 is 1.93. The Kier molecular flexibility index (Phi) is 3.76. The van der Waals surface area contributed by atoms with Crippen molar-refractivity contribution in [2.24, 2.45) is 0 Å². The second-order valence-electron chi connectivity index (χ2n) is 5.20. The van der Waals surface area contributed by atoms with E-state index in [4.69, 9.17) is 11.6 Å². The molecule has 0 N–H and O–H groups in total. The highest BCUT2D eigenvalue weighted by Gasteiger charge is 2.17. The minimum absolute atomic E-state index is 0.244. The first-order chi connectivity index (χ1) is 10.2. The van der Waals surface area contributed by atoms with Crippen LogP contribution in [0.4, 0.5) is 0 Å². The maximum atomic E-state index is 6.27. The summed E-state index contributed by atoms with van der Waals surface area (Å²) in [7, 11) is 0. The Labute approximate surface area is 129 Å². The van der Waals surface area contributed by atoms with Gasteiger partial charge in [-0.2, -0.15) is 0 Å². The third kappa shape index (κ3) is 2.57. The van der Waals surface area contributed by atoms with Gasteiger partial charge in [-0.15, -0.1) is 10.2 Å². The number of hydrogen-bond donors (Lipinski definition) is 0. The summed E-state index contributed by atoms with van der Waals surface area (Å²) in [5.74, 6) is 1.11. The molecule has 0 atom stereocenters. The maximum Gasteiger partial charge on any atom is 0.229 e. The second kappa shape index (κ2) is 5.70. The molecule has 0 radical (unpaired) electrons. The van der Waals surface area contributed by atoms with Crippen LogP contribution in [0.5, 0.6) is 0 Å². The lowest BCUT2D eigenvalue weighted by atomic mass is 10.0. The molecule has 0 unspecified atom stereocenters. The SMILES string of the molecule is CC(C)c1nnc(Cl)n1-c1ccccc1-c1ccccc1. The fourth-order valence-electron chi connectivity index (χ4n) is 2.40. The van der Waals surface area contributed by atoms with E-state index in [-0.39, 0.29) is 5.92 Å². The number of hydrogen-bond acceptors (Lipinski definition) is 2. The van der Waals surface area contributed by atoms with Crippen molar-refractivity contribution in [3.05, 3.63) is 65.7 Å². The first kappa shape index (κ1) is 13.8. The van der Waals surface area contributed by atoms with E-state index in [0.29, 0.717) is 5.28 Å². The van der Waals surface area contributed by atoms with Crippen molar-refractivity contribution in [2.45, 2.75) is 19.8 Å². The van der Waals surface area contributed by atoms with E-state index in [9.17, 15) is 0 Å². The molecule has 1 aromatic heterocycles. The summed E-state index contributed by atoms with van der Waals surface area (Å²) in [5.41, 5.74) is 3.26. The van der Waals surface area contributed by atoms with Gasteiger partial charge in [0.15, 0.2) is 0 Å². The quantitative estimate of drug-likeness (QED) is 0.701. The van der Waals surface area contributed by atoms with Crippen molar-refractivity contribution in [3.63, 3.8) is 0 Å². The Morgan fingerprint density at radius 3 is 2.29 bits per heavy atom. The van der Waals surface area contributed by atoms with Gasteiger partial charge in [0.2, 0.25) is 5.28 Å². The van der Waals surface area contributed by atoms with Gasteiger partial charge in [-0.3, -0.25) is 4.57 Å². The normalized spacial score (nSPS) is 11.0. The van der Waals surface area contributed by atoms with E-state index in [2.05, 4.69) is 42.2 Å². The van der Waals surface area contributed by atoms with Gasteiger partial charge in [0.05, 0.1) is 5.69 Å². The molecule has 0 fully saturated rings. The zero-order valence-corrected chi connectivity index (χ0v) is 12.7. The summed E-state index contributed by atoms with van der Waals surface area (Å²) in [6.07, 6.45) is 0. The van der Waals surface area contributed by atoms with E-state index >= 15 is 0 Å². The van der Waals surface area contributed by atoms with Crippen molar-refractivity contribution in [1.29, 1.82) is 0 Å². The average Bonchev–Trinajstić information content (AvgIpc) is 2.90. The fraction of sp³-hybridized carbons (Fsp3) is 0.176. The fourth-order valence-corrected chi connectivity index (χ4v) is 2.62. The van der Waals surface area contributed by atoms with Gasteiger partial charge < -0.3 is 0 Å². The van der Waals surface area contributed by atoms with Gasteiger partial charge in [0.1, 0.15) is 5.82 Å². The van der Waals surface area contributed by atoms with Crippen molar-refractivity contribution < 1.29 is 0 Å². The summed E-state index contributed by atoms with van der Waals surface area (Å²) in [5, 5.41) is 8.63. The highest BCUT2D eigenvalue weighted by molar-refractivity contribution is 6.28. The molecule has 0 aliphatic carbocycles. The molecule has 0 saturated heterocycles. The highest BCUT2D eigenvalue weighted by Crippen LogP contribution is 2.30. The standard InChI is InChI=1S/C17H16ClN3/c1-12(2)16-19-20-17(18)21(16)15-11-7-6-10-14(15)13-8-4-3-5-9-13/h3-12H,1-2H3. The van der Waals surface area contributed by atoms with Crippen LogP contribution in [0.3, 0.4) is 0 Å². The molecule has 0 saturated carbocycles. The van der Waals surface area contributed by atoms with Crippen LogP contribution in [0, 0.1) is 0 Å². The van der Waals surface area contributed by atoms with Gasteiger partial charge in [0, 0.05) is 11.5 Å². The van der Waals surface area contributed by atoms with Gasteiger partial charge in [-0.05, 0) is 23.2 Å². The monoisotopic (exact) mass is 297 g/mol. The molecule has 4 heteroatoms. The van der Waals surface area contributed by atoms with Crippen LogP contribution < -0.4 is 0 Å². The lowest BCUT2D eigenvalue weighted by molar-refractivity contribution is 0.746. The van der Waals surface area contributed by atoms with E-state index in [1.807, 2.05) is 41.0 Å². The predicted molar refractivity (Wildman–Crippen MR) is 85.9 cm³/mol. The number of nitrogens with zero attached hydrogens (tertiary/aromatic N) is 3. The predicted octanol–water partition coefficient (Wildman–Crippen LogP) is 4.71. The summed E-state index contributed by atoms with van der Waals surface area (Å²) >= 11 is 6.27. The summed E-state index contributed by atoms with van der Waals surface area (Å²) in [6, 6.07) is 18.4. The molecule has 0 amide bonds. The van der Waals surface area contributed by atoms with Crippen molar-refractivity contribution in [2.75, 3.05) is 0 Å². The minimum atomic E-state index is 0.244. The summed E-state index contributed by atoms with van der Waals surface area (Å²) in [4.78, 5) is 0. The van der Waals surface area contributed by atoms with Crippen LogP contribution in [0.2, 0.25) is 5.28 Å². The largest absolute Gasteiger partial charge is 0.269 e. The lowest BCUT2D eigenvalue weighted by Crippen LogP contribution is -2.04. The topological polar surface area (TPSA) is 30.7 Å². The zero-order chi connectivity index (χ0) is 14.8. The summed E-state index contributed by atoms with van der Waals surface area (Å²) in [6.45, 7) is 4.17. The maximum absolute atomic E-state index is 6.27. The van der Waals surface area contributed by atoms with Crippen molar-refractivity contribution in [1.82, 2.24) is 14.8 Å². The molecular formula is C17H16ClN3. The van der Waals surface area contributed by atoms with E-state index in [1.165, 1.54) is 0 Å². The van der Waals surface area contributed by atoms with Crippen LogP contribution in [0.25, 0.3) is 16.8 Å². The van der Waals surface area contributed by atoms with Crippen LogP contribution >= 0.6 is 11.6 Å². The lowest BCUT2D eigenvalue weighted by Gasteiger charge is -2.14. The molecule has 106 valence electrons. The van der Waals surface area contributed by atoms with E-state index < -0.39 is 0 Å². The van der Waals surface area contributed by atoms with E-state index in [1.54, 1.807) is 0 Å². The number of rotatable bonds is 3. The van der Waals surface area contributed by atoms with Crippen LogP contribution in [-0.4, -0.2) is 14.8 Å². The number of aromatic nitrogens is 3. The van der Waals surface area contributed by atoms with Crippen molar-refractivity contribution >= 4 is 11.6 Å². The second-order valence-corrected chi connectivity index (χ2v) is 5.54. The number of para-hydroxylation sites is 1. The van der Waals surface area contributed by atoms with Gasteiger partial charge in [-0.25, -0.2) is 0 Å². The molecule has 0 aliphatic rings. The molecule has 21 heavy (non-hydrogen) atoms. The first-order valence-electron chi connectivity index (χ1n) is 6.94. The minimum Gasteiger partial charge on any atom is -0.269 e. The van der Waals surface area contributed by atoms with Crippen LogP contribution in [0.1, 0.15) is 25.6 Å². The first-order valence-corrected chi connectivity index (χ1v) is 7.32. The van der Waals surface area contributed by atoms with Crippen LogP contribution in [-0.2, 0) is 0 Å².